The molecule has 2 aromatic heterocycles. The lowest BCUT2D eigenvalue weighted by Crippen LogP contribution is -2.24. The van der Waals surface area contributed by atoms with E-state index in [1.807, 2.05) is 23.1 Å². The summed E-state index contributed by atoms with van der Waals surface area (Å²) < 4.78 is 3.19. The number of halogens is 1. The molecule has 0 saturated carbocycles. The fourth-order valence-electron chi connectivity index (χ4n) is 2.68. The normalized spacial score (nSPS) is 12.8. The van der Waals surface area contributed by atoms with Gasteiger partial charge < -0.3 is 5.32 Å². The maximum absolute atomic E-state index is 4.61. The van der Waals surface area contributed by atoms with Crippen molar-refractivity contribution in [1.29, 1.82) is 0 Å². The molecule has 0 fully saturated rings. The van der Waals surface area contributed by atoms with Gasteiger partial charge in [-0.2, -0.15) is 5.10 Å². The van der Waals surface area contributed by atoms with Crippen LogP contribution in [0, 0.1) is 0 Å². The Morgan fingerprint density at radius 1 is 1.33 bits per heavy atom. The highest BCUT2D eigenvalue weighted by Gasteiger charge is 2.21. The van der Waals surface area contributed by atoms with E-state index < -0.39 is 0 Å². The maximum Gasteiger partial charge on any atom is 0.0766 e. The van der Waals surface area contributed by atoms with E-state index in [2.05, 4.69) is 58.6 Å². The van der Waals surface area contributed by atoms with E-state index in [-0.39, 0.29) is 0 Å². The zero-order chi connectivity index (χ0) is 15.4. The number of rotatable bonds is 7. The molecule has 5 heteroatoms. The summed E-state index contributed by atoms with van der Waals surface area (Å²) in [6, 6.07) is 2.61. The van der Waals surface area contributed by atoms with Crippen molar-refractivity contribution < 1.29 is 0 Å². The van der Waals surface area contributed by atoms with E-state index in [1.54, 1.807) is 0 Å². The Balaban J connectivity index is 2.31. The van der Waals surface area contributed by atoms with Crippen LogP contribution in [0.5, 0.6) is 0 Å². The van der Waals surface area contributed by atoms with Gasteiger partial charge in [0.2, 0.25) is 0 Å². The van der Waals surface area contributed by atoms with Crippen molar-refractivity contribution in [3.8, 4) is 0 Å². The van der Waals surface area contributed by atoms with Gasteiger partial charge in [0.1, 0.15) is 0 Å². The van der Waals surface area contributed by atoms with E-state index in [9.17, 15) is 0 Å². The van der Waals surface area contributed by atoms with Crippen molar-refractivity contribution in [3.05, 3.63) is 37.7 Å². The zero-order valence-corrected chi connectivity index (χ0v) is 15.6. The van der Waals surface area contributed by atoms with E-state index in [0.29, 0.717) is 6.04 Å². The van der Waals surface area contributed by atoms with Gasteiger partial charge >= 0.3 is 0 Å². The van der Waals surface area contributed by atoms with Crippen LogP contribution in [-0.4, -0.2) is 16.3 Å². The van der Waals surface area contributed by atoms with Gasteiger partial charge in [-0.1, -0.05) is 20.8 Å². The summed E-state index contributed by atoms with van der Waals surface area (Å²) in [5.74, 6) is 0. The summed E-state index contributed by atoms with van der Waals surface area (Å²) in [5.41, 5.74) is 3.87. The number of nitrogens with one attached hydrogen (secondary N) is 1. The van der Waals surface area contributed by atoms with Crippen molar-refractivity contribution in [2.45, 2.75) is 46.1 Å². The van der Waals surface area contributed by atoms with Gasteiger partial charge in [0.15, 0.2) is 0 Å². The van der Waals surface area contributed by atoms with Gasteiger partial charge in [0.05, 0.1) is 15.9 Å². The Morgan fingerprint density at radius 3 is 2.67 bits per heavy atom. The fourth-order valence-corrected chi connectivity index (χ4v) is 4.54. The number of aryl methyl sites for hydroxylation is 3. The molecule has 0 aliphatic rings. The Hall–Kier alpha value is -0.650. The second kappa shape index (κ2) is 7.56. The quantitative estimate of drug-likeness (QED) is 0.789. The zero-order valence-electron chi connectivity index (χ0n) is 13.2. The van der Waals surface area contributed by atoms with Crippen molar-refractivity contribution in [3.63, 3.8) is 0 Å². The molecule has 2 heterocycles. The van der Waals surface area contributed by atoms with Crippen LogP contribution in [0.25, 0.3) is 0 Å². The van der Waals surface area contributed by atoms with Gasteiger partial charge in [-0.05, 0) is 52.3 Å². The molecule has 1 unspecified atom stereocenters. The largest absolute Gasteiger partial charge is 0.309 e. The minimum Gasteiger partial charge on any atom is -0.309 e. The van der Waals surface area contributed by atoms with Crippen molar-refractivity contribution in [2.75, 3.05) is 6.54 Å². The molecule has 0 aliphatic carbocycles. The molecular formula is C16H24BrN3S. The minimum atomic E-state index is 0.362. The van der Waals surface area contributed by atoms with E-state index in [1.165, 1.54) is 20.6 Å². The van der Waals surface area contributed by atoms with Crippen molar-refractivity contribution in [2.24, 2.45) is 7.05 Å². The number of hydrogen-bond donors (Lipinski definition) is 1. The summed E-state index contributed by atoms with van der Waals surface area (Å²) in [6.07, 6.45) is 3.01. The van der Waals surface area contributed by atoms with Crippen molar-refractivity contribution in [1.82, 2.24) is 15.1 Å². The summed E-state index contributed by atoms with van der Waals surface area (Å²) in [4.78, 5) is 1.46. The number of nitrogens with zero attached hydrogens (tertiary/aromatic N) is 2. The molecule has 2 aromatic rings. The molecule has 0 radical (unpaired) electrons. The minimum absolute atomic E-state index is 0.362. The lowest BCUT2D eigenvalue weighted by Gasteiger charge is -2.18. The van der Waals surface area contributed by atoms with Crippen LogP contribution in [-0.2, 0) is 26.3 Å². The molecule has 21 heavy (non-hydrogen) atoms. The Labute approximate surface area is 139 Å². The average molecular weight is 370 g/mol. The maximum atomic E-state index is 4.61. The fraction of sp³-hybridized carbons (Fsp3) is 0.562. The standard InChI is InChI=1S/C16H24BrN3S/c1-5-11-8-9-21-16(11)13(18-7-3)10-14-15(17)12(6-2)19-20(14)4/h8-9,13,18H,5-7,10H2,1-4H3. The summed E-state index contributed by atoms with van der Waals surface area (Å²) in [5, 5.41) is 10.5. The third-order valence-corrected chi connectivity index (χ3v) is 5.82. The Bertz CT molecular complexity index is 588. The molecule has 1 N–H and O–H groups in total. The van der Waals surface area contributed by atoms with E-state index >= 15 is 0 Å². The predicted molar refractivity (Wildman–Crippen MR) is 94.1 cm³/mol. The van der Waals surface area contributed by atoms with Crippen LogP contribution >= 0.6 is 27.3 Å². The molecule has 0 spiro atoms. The number of likely N-dealkylation sites (N-methyl/N-ethyl adjacent to an activating group) is 1. The summed E-state index contributed by atoms with van der Waals surface area (Å²) in [6.45, 7) is 7.51. The van der Waals surface area contributed by atoms with Crippen LogP contribution in [0.2, 0.25) is 0 Å². The molecule has 2 rings (SSSR count). The highest BCUT2D eigenvalue weighted by Crippen LogP contribution is 2.31. The summed E-state index contributed by atoms with van der Waals surface area (Å²) in [7, 11) is 2.04. The molecule has 0 aromatic carbocycles. The Morgan fingerprint density at radius 2 is 2.10 bits per heavy atom. The van der Waals surface area contributed by atoms with Crippen LogP contribution in [0.4, 0.5) is 0 Å². The molecule has 0 bridgehead atoms. The molecule has 0 saturated heterocycles. The van der Waals surface area contributed by atoms with Crippen molar-refractivity contribution >= 4 is 27.3 Å². The topological polar surface area (TPSA) is 29.9 Å². The molecule has 1 atom stereocenters. The average Bonchev–Trinajstić information content (AvgIpc) is 3.05. The molecule has 3 nitrogen and oxygen atoms in total. The first kappa shape index (κ1) is 16.7. The first-order valence-corrected chi connectivity index (χ1v) is 9.29. The van der Waals surface area contributed by atoms with Gasteiger partial charge in [-0.25, -0.2) is 0 Å². The number of aromatic nitrogens is 2. The van der Waals surface area contributed by atoms with E-state index in [0.717, 1.165) is 31.5 Å². The third kappa shape index (κ3) is 3.58. The van der Waals surface area contributed by atoms with Crippen LogP contribution in [0.15, 0.2) is 15.9 Å². The predicted octanol–water partition coefficient (Wildman–Crippen LogP) is 4.26. The molecule has 0 aliphatic heterocycles. The summed E-state index contributed by atoms with van der Waals surface area (Å²) >= 11 is 5.59. The first-order valence-electron chi connectivity index (χ1n) is 7.62. The van der Waals surface area contributed by atoms with E-state index in [4.69, 9.17) is 0 Å². The highest BCUT2D eigenvalue weighted by atomic mass is 79.9. The lowest BCUT2D eigenvalue weighted by molar-refractivity contribution is 0.532. The number of hydrogen-bond acceptors (Lipinski definition) is 3. The van der Waals surface area contributed by atoms with Gasteiger partial charge in [-0.15, -0.1) is 11.3 Å². The van der Waals surface area contributed by atoms with Crippen LogP contribution in [0.1, 0.15) is 48.6 Å². The monoisotopic (exact) mass is 369 g/mol. The SMILES string of the molecule is CCNC(Cc1c(Br)c(CC)nn1C)c1sccc1CC. The molecular weight excluding hydrogens is 346 g/mol. The van der Waals surface area contributed by atoms with Gasteiger partial charge in [0, 0.05) is 24.4 Å². The highest BCUT2D eigenvalue weighted by molar-refractivity contribution is 9.10. The van der Waals surface area contributed by atoms with Gasteiger partial charge in [0.25, 0.3) is 0 Å². The van der Waals surface area contributed by atoms with Gasteiger partial charge in [-0.3, -0.25) is 4.68 Å². The van der Waals surface area contributed by atoms with Crippen LogP contribution in [0.3, 0.4) is 0 Å². The van der Waals surface area contributed by atoms with Crippen LogP contribution < -0.4 is 5.32 Å². The second-order valence-electron chi connectivity index (χ2n) is 5.16. The molecule has 0 amide bonds. The second-order valence-corrected chi connectivity index (χ2v) is 6.90. The smallest absolute Gasteiger partial charge is 0.0766 e. The molecule has 116 valence electrons. The third-order valence-electron chi connectivity index (χ3n) is 3.83. The lowest BCUT2D eigenvalue weighted by atomic mass is 10.0. The first-order chi connectivity index (χ1) is 10.1. The number of thiophene rings is 1. The Kier molecular flexibility index (Phi) is 6.02.